The van der Waals surface area contributed by atoms with Gasteiger partial charge in [0.05, 0.1) is 10.7 Å². The van der Waals surface area contributed by atoms with Crippen LogP contribution >= 0.6 is 23.2 Å². The first-order chi connectivity index (χ1) is 9.54. The molecule has 1 fully saturated rings. The predicted octanol–water partition coefficient (Wildman–Crippen LogP) is 2.57. The summed E-state index contributed by atoms with van der Waals surface area (Å²) in [7, 11) is 2.12. The van der Waals surface area contributed by atoms with Crippen molar-refractivity contribution in [2.24, 2.45) is 0 Å². The monoisotopic (exact) mass is 315 g/mol. The second-order valence-corrected chi connectivity index (χ2v) is 5.91. The quantitative estimate of drug-likeness (QED) is 0.927. The summed E-state index contributed by atoms with van der Waals surface area (Å²) >= 11 is 11.9. The fourth-order valence-corrected chi connectivity index (χ4v) is 2.47. The second-order valence-electron chi connectivity index (χ2n) is 5.07. The van der Waals surface area contributed by atoms with Crippen LogP contribution in [0.25, 0.3) is 0 Å². The van der Waals surface area contributed by atoms with E-state index in [1.54, 1.807) is 18.2 Å². The zero-order valence-corrected chi connectivity index (χ0v) is 13.0. The van der Waals surface area contributed by atoms with Gasteiger partial charge < -0.3 is 15.1 Å². The Balaban J connectivity index is 1.79. The average molecular weight is 316 g/mol. The molecule has 1 aromatic rings. The van der Waals surface area contributed by atoms with Crippen molar-refractivity contribution < 1.29 is 4.79 Å². The largest absolute Gasteiger partial charge is 0.325 e. The van der Waals surface area contributed by atoms with Gasteiger partial charge in [-0.1, -0.05) is 23.2 Å². The van der Waals surface area contributed by atoms with Gasteiger partial charge in [-0.2, -0.15) is 0 Å². The minimum absolute atomic E-state index is 0.0342. The van der Waals surface area contributed by atoms with Gasteiger partial charge in [0.1, 0.15) is 0 Å². The number of halogens is 2. The summed E-state index contributed by atoms with van der Waals surface area (Å²) in [5.41, 5.74) is 0.572. The molecule has 0 saturated carbocycles. The number of carbonyl (C=O) groups excluding carboxylic acids is 1. The minimum atomic E-state index is -0.0342. The Kier molecular flexibility index (Phi) is 5.66. The van der Waals surface area contributed by atoms with Crippen LogP contribution in [-0.2, 0) is 4.79 Å². The molecule has 0 unspecified atom stereocenters. The van der Waals surface area contributed by atoms with Crippen LogP contribution in [0.3, 0.4) is 0 Å². The van der Waals surface area contributed by atoms with Gasteiger partial charge in [-0.15, -0.1) is 0 Å². The van der Waals surface area contributed by atoms with E-state index in [9.17, 15) is 4.79 Å². The van der Waals surface area contributed by atoms with Crippen molar-refractivity contribution in [1.29, 1.82) is 0 Å². The molecule has 0 bridgehead atoms. The lowest BCUT2D eigenvalue weighted by Crippen LogP contribution is -2.45. The molecule has 1 aliphatic heterocycles. The van der Waals surface area contributed by atoms with E-state index in [2.05, 4.69) is 22.2 Å². The van der Waals surface area contributed by atoms with Crippen LogP contribution in [0.1, 0.15) is 6.42 Å². The van der Waals surface area contributed by atoms with Crippen molar-refractivity contribution in [1.82, 2.24) is 9.80 Å². The second kappa shape index (κ2) is 7.27. The van der Waals surface area contributed by atoms with Crippen LogP contribution in [0.4, 0.5) is 5.69 Å². The summed E-state index contributed by atoms with van der Waals surface area (Å²) in [4.78, 5) is 16.5. The van der Waals surface area contributed by atoms with Crippen molar-refractivity contribution in [2.45, 2.75) is 6.42 Å². The van der Waals surface area contributed by atoms with E-state index in [0.29, 0.717) is 22.2 Å². The number of hydrogen-bond acceptors (Lipinski definition) is 3. The molecule has 20 heavy (non-hydrogen) atoms. The van der Waals surface area contributed by atoms with E-state index in [0.717, 1.165) is 32.7 Å². The third-order valence-electron chi connectivity index (χ3n) is 3.45. The number of benzene rings is 1. The number of amides is 1. The minimum Gasteiger partial charge on any atom is -0.325 e. The Morgan fingerprint density at radius 1 is 1.25 bits per heavy atom. The molecule has 1 heterocycles. The average Bonchev–Trinajstić information content (AvgIpc) is 2.42. The van der Waals surface area contributed by atoms with Crippen molar-refractivity contribution in [3.63, 3.8) is 0 Å². The van der Waals surface area contributed by atoms with E-state index in [1.807, 2.05) is 0 Å². The van der Waals surface area contributed by atoms with Gasteiger partial charge in [0.2, 0.25) is 5.91 Å². The van der Waals surface area contributed by atoms with Crippen molar-refractivity contribution in [2.75, 3.05) is 45.1 Å². The van der Waals surface area contributed by atoms with Crippen LogP contribution in [0.15, 0.2) is 18.2 Å². The lowest BCUT2D eigenvalue weighted by atomic mass is 10.2. The van der Waals surface area contributed by atoms with Gasteiger partial charge in [-0.25, -0.2) is 0 Å². The topological polar surface area (TPSA) is 35.6 Å². The molecule has 4 nitrogen and oxygen atoms in total. The first kappa shape index (κ1) is 15.6. The maximum Gasteiger partial charge on any atom is 0.225 e. The molecule has 1 aromatic carbocycles. The molecule has 0 atom stereocenters. The smallest absolute Gasteiger partial charge is 0.225 e. The molecule has 1 N–H and O–H groups in total. The summed E-state index contributed by atoms with van der Waals surface area (Å²) in [5, 5.41) is 3.87. The Hall–Kier alpha value is -0.810. The zero-order valence-electron chi connectivity index (χ0n) is 11.5. The van der Waals surface area contributed by atoms with Gasteiger partial charge in [0.25, 0.3) is 0 Å². The first-order valence-corrected chi connectivity index (χ1v) is 7.46. The van der Waals surface area contributed by atoms with E-state index < -0.39 is 0 Å². The Morgan fingerprint density at radius 3 is 2.65 bits per heavy atom. The van der Waals surface area contributed by atoms with Crippen LogP contribution in [0.2, 0.25) is 10.0 Å². The summed E-state index contributed by atoms with van der Waals surface area (Å²) in [6.45, 7) is 4.92. The van der Waals surface area contributed by atoms with Crippen molar-refractivity contribution in [3.05, 3.63) is 28.2 Å². The predicted molar refractivity (Wildman–Crippen MR) is 83.6 cm³/mol. The first-order valence-electron chi connectivity index (χ1n) is 6.70. The highest BCUT2D eigenvalue weighted by Gasteiger charge is 2.15. The van der Waals surface area contributed by atoms with Crippen LogP contribution < -0.4 is 5.32 Å². The van der Waals surface area contributed by atoms with Crippen LogP contribution in [-0.4, -0.2) is 55.5 Å². The Morgan fingerprint density at radius 2 is 1.95 bits per heavy atom. The van der Waals surface area contributed by atoms with Gasteiger partial charge in [-0.3, -0.25) is 4.79 Å². The number of piperazine rings is 1. The van der Waals surface area contributed by atoms with Crippen molar-refractivity contribution >= 4 is 34.8 Å². The molecule has 6 heteroatoms. The molecule has 0 aromatic heterocycles. The standard InChI is InChI=1S/C14H19Cl2N3O/c1-18-6-8-19(9-7-18)5-4-14(20)17-13-10-11(15)2-3-12(13)16/h2-3,10H,4-9H2,1H3,(H,17,20). The molecule has 1 saturated heterocycles. The third kappa shape index (κ3) is 4.63. The lowest BCUT2D eigenvalue weighted by molar-refractivity contribution is -0.116. The molecule has 0 aliphatic carbocycles. The fraction of sp³-hybridized carbons (Fsp3) is 0.500. The number of likely N-dealkylation sites (N-methyl/N-ethyl adjacent to an activating group) is 1. The maximum absolute atomic E-state index is 11.9. The third-order valence-corrected chi connectivity index (χ3v) is 4.02. The molecular formula is C14H19Cl2N3O. The highest BCUT2D eigenvalue weighted by molar-refractivity contribution is 6.35. The van der Waals surface area contributed by atoms with Gasteiger partial charge in [0, 0.05) is 44.2 Å². The Labute approximate surface area is 129 Å². The fourth-order valence-electron chi connectivity index (χ4n) is 2.14. The molecule has 1 amide bonds. The molecular weight excluding hydrogens is 297 g/mol. The molecule has 0 radical (unpaired) electrons. The van der Waals surface area contributed by atoms with E-state index in [4.69, 9.17) is 23.2 Å². The van der Waals surface area contributed by atoms with E-state index >= 15 is 0 Å². The highest BCUT2D eigenvalue weighted by Crippen LogP contribution is 2.25. The summed E-state index contributed by atoms with van der Waals surface area (Å²) < 4.78 is 0. The SMILES string of the molecule is CN1CCN(CCC(=O)Nc2cc(Cl)ccc2Cl)CC1. The maximum atomic E-state index is 11.9. The summed E-state index contributed by atoms with van der Waals surface area (Å²) in [6.07, 6.45) is 0.465. The number of nitrogens with one attached hydrogen (secondary N) is 1. The lowest BCUT2D eigenvalue weighted by Gasteiger charge is -2.32. The van der Waals surface area contributed by atoms with Gasteiger partial charge in [0.15, 0.2) is 0 Å². The Bertz CT molecular complexity index is 473. The summed E-state index contributed by atoms with van der Waals surface area (Å²) in [5.74, 6) is -0.0342. The van der Waals surface area contributed by atoms with Gasteiger partial charge in [-0.05, 0) is 25.2 Å². The summed E-state index contributed by atoms with van der Waals surface area (Å²) in [6, 6.07) is 5.04. The number of anilines is 1. The van der Waals surface area contributed by atoms with Gasteiger partial charge >= 0.3 is 0 Å². The molecule has 1 aliphatic rings. The molecule has 0 spiro atoms. The molecule has 2 rings (SSSR count). The van der Waals surface area contributed by atoms with Crippen molar-refractivity contribution in [3.8, 4) is 0 Å². The molecule has 110 valence electrons. The zero-order chi connectivity index (χ0) is 14.5. The normalized spacial score (nSPS) is 17.1. The number of hydrogen-bond donors (Lipinski definition) is 1. The van der Waals surface area contributed by atoms with Crippen LogP contribution in [0, 0.1) is 0 Å². The number of carbonyl (C=O) groups is 1. The van der Waals surface area contributed by atoms with E-state index in [-0.39, 0.29) is 5.91 Å². The number of nitrogens with zero attached hydrogens (tertiary/aromatic N) is 2. The van der Waals surface area contributed by atoms with E-state index in [1.165, 1.54) is 0 Å². The highest BCUT2D eigenvalue weighted by atomic mass is 35.5. The van der Waals surface area contributed by atoms with Crippen LogP contribution in [0.5, 0.6) is 0 Å². The number of rotatable bonds is 4.